The van der Waals surface area contributed by atoms with E-state index in [4.69, 9.17) is 0 Å². The Morgan fingerprint density at radius 2 is 1.59 bits per heavy atom. The van der Waals surface area contributed by atoms with Gasteiger partial charge in [-0.05, 0) is 42.8 Å². The number of anilines is 3. The molecule has 0 radical (unpaired) electrons. The Kier molecular flexibility index (Phi) is 4.05. The molecule has 0 unspecified atom stereocenters. The van der Waals surface area contributed by atoms with Gasteiger partial charge >= 0.3 is 0 Å². The van der Waals surface area contributed by atoms with Gasteiger partial charge in [0.25, 0.3) is 0 Å². The van der Waals surface area contributed by atoms with Crippen LogP contribution < -0.4 is 16.0 Å². The van der Waals surface area contributed by atoms with Gasteiger partial charge in [0.15, 0.2) is 0 Å². The average molecular weight is 295 g/mol. The molecular formula is C17H17N3O2. The summed E-state index contributed by atoms with van der Waals surface area (Å²) in [5, 5.41) is 8.74. The first-order valence-electron chi connectivity index (χ1n) is 7.23. The lowest BCUT2D eigenvalue weighted by molar-refractivity contribution is -0.122. The van der Waals surface area contributed by atoms with Gasteiger partial charge in [0, 0.05) is 23.5 Å². The molecule has 22 heavy (non-hydrogen) atoms. The van der Waals surface area contributed by atoms with Crippen LogP contribution in [-0.2, 0) is 9.59 Å². The first-order valence-corrected chi connectivity index (χ1v) is 7.23. The van der Waals surface area contributed by atoms with Gasteiger partial charge < -0.3 is 16.0 Å². The summed E-state index contributed by atoms with van der Waals surface area (Å²) in [6.07, 6.45) is 0.969. The predicted octanol–water partition coefficient (Wildman–Crippen LogP) is 2.65. The van der Waals surface area contributed by atoms with Gasteiger partial charge in [0.1, 0.15) is 6.04 Å². The molecule has 2 amide bonds. The van der Waals surface area contributed by atoms with Gasteiger partial charge in [-0.25, -0.2) is 0 Å². The minimum Gasteiger partial charge on any atom is -0.356 e. The molecule has 112 valence electrons. The first kappa shape index (κ1) is 14.1. The summed E-state index contributed by atoms with van der Waals surface area (Å²) in [4.78, 5) is 23.1. The number of amides is 2. The van der Waals surface area contributed by atoms with Crippen molar-refractivity contribution in [2.24, 2.45) is 0 Å². The highest BCUT2D eigenvalue weighted by molar-refractivity contribution is 5.99. The second-order valence-electron chi connectivity index (χ2n) is 5.22. The molecule has 5 heteroatoms. The summed E-state index contributed by atoms with van der Waals surface area (Å²) in [5.41, 5.74) is 2.66. The maximum atomic E-state index is 12.0. The van der Waals surface area contributed by atoms with Crippen molar-refractivity contribution < 1.29 is 9.59 Å². The smallest absolute Gasteiger partial charge is 0.246 e. The molecule has 3 rings (SSSR count). The molecule has 1 aliphatic heterocycles. The van der Waals surface area contributed by atoms with Crippen molar-refractivity contribution in [2.75, 3.05) is 10.6 Å². The Labute approximate surface area is 128 Å². The van der Waals surface area contributed by atoms with Crippen LogP contribution in [0.2, 0.25) is 0 Å². The molecule has 0 saturated carbocycles. The monoisotopic (exact) mass is 295 g/mol. The second kappa shape index (κ2) is 6.30. The quantitative estimate of drug-likeness (QED) is 0.812. The molecule has 1 heterocycles. The topological polar surface area (TPSA) is 70.2 Å². The van der Waals surface area contributed by atoms with E-state index >= 15 is 0 Å². The average Bonchev–Trinajstić information content (AvgIpc) is 2.97. The van der Waals surface area contributed by atoms with E-state index in [2.05, 4.69) is 16.0 Å². The van der Waals surface area contributed by atoms with Crippen molar-refractivity contribution in [2.45, 2.75) is 18.9 Å². The third-order valence-electron chi connectivity index (χ3n) is 3.53. The Bertz CT molecular complexity index is 668. The molecule has 0 bridgehead atoms. The Balaban J connectivity index is 1.59. The van der Waals surface area contributed by atoms with Gasteiger partial charge in [-0.15, -0.1) is 0 Å². The fraction of sp³-hybridized carbons (Fsp3) is 0.176. The van der Waals surface area contributed by atoms with Crippen LogP contribution in [0.15, 0.2) is 54.6 Å². The Hall–Kier alpha value is -2.82. The Morgan fingerprint density at radius 3 is 2.23 bits per heavy atom. The SMILES string of the molecule is O=C1CC[C@H](C(=O)Nc2ccc(Nc3ccccc3)cc2)N1. The maximum absolute atomic E-state index is 12.0. The summed E-state index contributed by atoms with van der Waals surface area (Å²) in [6, 6.07) is 16.9. The predicted molar refractivity (Wildman–Crippen MR) is 86.0 cm³/mol. The van der Waals surface area contributed by atoms with Crippen LogP contribution in [0.1, 0.15) is 12.8 Å². The van der Waals surface area contributed by atoms with Gasteiger partial charge in [-0.3, -0.25) is 9.59 Å². The number of carbonyl (C=O) groups is 2. The molecule has 1 atom stereocenters. The van der Waals surface area contributed by atoms with Gasteiger partial charge in [-0.1, -0.05) is 18.2 Å². The zero-order chi connectivity index (χ0) is 15.4. The third kappa shape index (κ3) is 3.44. The molecular weight excluding hydrogens is 278 g/mol. The van der Waals surface area contributed by atoms with E-state index < -0.39 is 6.04 Å². The first-order chi connectivity index (χ1) is 10.7. The summed E-state index contributed by atoms with van der Waals surface area (Å²) >= 11 is 0. The molecule has 2 aromatic carbocycles. The zero-order valence-corrected chi connectivity index (χ0v) is 12.0. The van der Waals surface area contributed by atoms with Crippen molar-refractivity contribution in [3.63, 3.8) is 0 Å². The van der Waals surface area contributed by atoms with Crippen LogP contribution in [0.25, 0.3) is 0 Å². The van der Waals surface area contributed by atoms with Crippen LogP contribution in [0.4, 0.5) is 17.1 Å². The highest BCUT2D eigenvalue weighted by atomic mass is 16.2. The molecule has 1 aliphatic rings. The summed E-state index contributed by atoms with van der Waals surface area (Å²) < 4.78 is 0. The zero-order valence-electron chi connectivity index (χ0n) is 12.0. The molecule has 1 saturated heterocycles. The molecule has 0 spiro atoms. The van der Waals surface area contributed by atoms with Gasteiger partial charge in [0.2, 0.25) is 11.8 Å². The summed E-state index contributed by atoms with van der Waals surface area (Å²) in [5.74, 6) is -0.239. The lowest BCUT2D eigenvalue weighted by Gasteiger charge is -2.12. The summed E-state index contributed by atoms with van der Waals surface area (Å²) in [7, 11) is 0. The second-order valence-corrected chi connectivity index (χ2v) is 5.22. The molecule has 0 aliphatic carbocycles. The van der Waals surface area contributed by atoms with Gasteiger partial charge in [0.05, 0.1) is 0 Å². The fourth-order valence-electron chi connectivity index (χ4n) is 2.37. The minimum atomic E-state index is -0.422. The lowest BCUT2D eigenvalue weighted by Crippen LogP contribution is -2.37. The molecule has 5 nitrogen and oxygen atoms in total. The molecule has 0 aromatic heterocycles. The third-order valence-corrected chi connectivity index (χ3v) is 3.53. The minimum absolute atomic E-state index is 0.0671. The van der Waals surface area contributed by atoms with E-state index in [0.29, 0.717) is 18.5 Å². The van der Waals surface area contributed by atoms with Crippen LogP contribution in [0.5, 0.6) is 0 Å². The van der Waals surface area contributed by atoms with Crippen LogP contribution in [0.3, 0.4) is 0 Å². The van der Waals surface area contributed by atoms with Crippen molar-refractivity contribution in [1.82, 2.24) is 5.32 Å². The van der Waals surface area contributed by atoms with E-state index in [1.807, 2.05) is 54.6 Å². The van der Waals surface area contributed by atoms with E-state index in [-0.39, 0.29) is 11.8 Å². The lowest BCUT2D eigenvalue weighted by atomic mass is 10.2. The van der Waals surface area contributed by atoms with E-state index in [0.717, 1.165) is 11.4 Å². The van der Waals surface area contributed by atoms with Crippen molar-refractivity contribution >= 4 is 28.9 Å². The van der Waals surface area contributed by atoms with Crippen molar-refractivity contribution in [3.05, 3.63) is 54.6 Å². The van der Waals surface area contributed by atoms with Crippen LogP contribution in [-0.4, -0.2) is 17.9 Å². The molecule has 3 N–H and O–H groups in total. The van der Waals surface area contributed by atoms with Crippen molar-refractivity contribution in [3.8, 4) is 0 Å². The molecule has 1 fully saturated rings. The number of benzene rings is 2. The highest BCUT2D eigenvalue weighted by Crippen LogP contribution is 2.19. The van der Waals surface area contributed by atoms with Crippen LogP contribution in [0, 0.1) is 0 Å². The highest BCUT2D eigenvalue weighted by Gasteiger charge is 2.26. The van der Waals surface area contributed by atoms with E-state index in [1.54, 1.807) is 0 Å². The number of para-hydroxylation sites is 1. The number of hydrogen-bond acceptors (Lipinski definition) is 3. The maximum Gasteiger partial charge on any atom is 0.246 e. The number of rotatable bonds is 4. The van der Waals surface area contributed by atoms with E-state index in [9.17, 15) is 9.59 Å². The number of hydrogen-bond donors (Lipinski definition) is 3. The number of nitrogens with one attached hydrogen (secondary N) is 3. The normalized spacial score (nSPS) is 16.9. The van der Waals surface area contributed by atoms with Crippen molar-refractivity contribution in [1.29, 1.82) is 0 Å². The number of carbonyl (C=O) groups excluding carboxylic acids is 2. The fourth-order valence-corrected chi connectivity index (χ4v) is 2.37. The van der Waals surface area contributed by atoms with E-state index in [1.165, 1.54) is 0 Å². The largest absolute Gasteiger partial charge is 0.356 e. The van der Waals surface area contributed by atoms with Gasteiger partial charge in [-0.2, -0.15) is 0 Å². The van der Waals surface area contributed by atoms with Crippen LogP contribution >= 0.6 is 0 Å². The Morgan fingerprint density at radius 1 is 0.955 bits per heavy atom. The standard InChI is InChI=1S/C17H17N3O2/c21-16-11-10-15(20-16)17(22)19-14-8-6-13(7-9-14)18-12-4-2-1-3-5-12/h1-9,15,18H,10-11H2,(H,19,22)(H,20,21)/t15-/m1/s1. The summed E-state index contributed by atoms with van der Waals surface area (Å²) in [6.45, 7) is 0. The molecule has 2 aromatic rings.